The maximum atomic E-state index is 12.9. The number of hydrogen-bond acceptors (Lipinski definition) is 4. The van der Waals surface area contributed by atoms with Gasteiger partial charge in [-0.3, -0.25) is 14.2 Å². The predicted octanol–water partition coefficient (Wildman–Crippen LogP) is 4.12. The Labute approximate surface area is 154 Å². The Morgan fingerprint density at radius 2 is 2.20 bits per heavy atom. The fourth-order valence-corrected chi connectivity index (χ4v) is 4.99. The molecule has 0 N–H and O–H groups in total. The number of carbonyl (C=O) groups excluding carboxylic acids is 1. The maximum absolute atomic E-state index is 12.9. The van der Waals surface area contributed by atoms with Gasteiger partial charge in [0.1, 0.15) is 4.83 Å². The second-order valence-electron chi connectivity index (χ2n) is 6.61. The number of aryl methyl sites for hydroxylation is 1. The molecule has 2 heterocycles. The van der Waals surface area contributed by atoms with Crippen LogP contribution in [0.25, 0.3) is 10.2 Å². The molecule has 1 aromatic carbocycles. The quantitative estimate of drug-likeness (QED) is 0.650. The SMILES string of the molecule is C[C@H]1CCc2c(sc3ncn(CC(=O)c4ccccc4Cl)c(=O)c23)C1. The number of fused-ring (bicyclic) bond motifs is 3. The number of ketones is 1. The fourth-order valence-electron chi connectivity index (χ4n) is 3.41. The van der Waals surface area contributed by atoms with Crippen LogP contribution < -0.4 is 5.56 Å². The first kappa shape index (κ1) is 16.5. The van der Waals surface area contributed by atoms with Gasteiger partial charge in [-0.25, -0.2) is 4.98 Å². The van der Waals surface area contributed by atoms with Crippen LogP contribution in [0.15, 0.2) is 35.4 Å². The lowest BCUT2D eigenvalue weighted by Crippen LogP contribution is -2.25. The molecule has 4 rings (SSSR count). The van der Waals surface area contributed by atoms with Gasteiger partial charge in [0.15, 0.2) is 5.78 Å². The van der Waals surface area contributed by atoms with Crippen molar-refractivity contribution in [3.63, 3.8) is 0 Å². The molecule has 0 unspecified atom stereocenters. The largest absolute Gasteiger partial charge is 0.292 e. The first-order valence-corrected chi connectivity index (χ1v) is 9.51. The Balaban J connectivity index is 1.74. The zero-order chi connectivity index (χ0) is 17.6. The summed E-state index contributed by atoms with van der Waals surface area (Å²) in [5, 5.41) is 1.10. The molecule has 0 aliphatic heterocycles. The van der Waals surface area contributed by atoms with Gasteiger partial charge >= 0.3 is 0 Å². The van der Waals surface area contributed by atoms with E-state index in [1.165, 1.54) is 15.8 Å². The van der Waals surface area contributed by atoms with Crippen molar-refractivity contribution in [3.8, 4) is 0 Å². The molecule has 3 aromatic rings. The number of halogens is 1. The number of carbonyl (C=O) groups is 1. The molecule has 1 atom stereocenters. The average molecular weight is 373 g/mol. The van der Waals surface area contributed by atoms with Crippen LogP contribution >= 0.6 is 22.9 Å². The van der Waals surface area contributed by atoms with Crippen molar-refractivity contribution in [3.05, 3.63) is 62.0 Å². The monoisotopic (exact) mass is 372 g/mol. The van der Waals surface area contributed by atoms with Crippen LogP contribution in [0, 0.1) is 5.92 Å². The first-order chi connectivity index (χ1) is 12.0. The minimum absolute atomic E-state index is 0.0491. The van der Waals surface area contributed by atoms with Crippen molar-refractivity contribution in [2.24, 2.45) is 5.92 Å². The van der Waals surface area contributed by atoms with E-state index in [0.29, 0.717) is 21.9 Å². The average Bonchev–Trinajstić information content (AvgIpc) is 2.95. The van der Waals surface area contributed by atoms with Crippen molar-refractivity contribution < 1.29 is 4.79 Å². The number of aromatic nitrogens is 2. The van der Waals surface area contributed by atoms with Gasteiger partial charge in [0.05, 0.1) is 23.3 Å². The molecule has 0 spiro atoms. The molecule has 0 bridgehead atoms. The van der Waals surface area contributed by atoms with E-state index in [0.717, 1.165) is 29.7 Å². The normalized spacial score (nSPS) is 16.8. The Morgan fingerprint density at radius 3 is 3.00 bits per heavy atom. The topological polar surface area (TPSA) is 52.0 Å². The third-order valence-corrected chi connectivity index (χ3v) is 6.26. The van der Waals surface area contributed by atoms with Crippen molar-refractivity contribution in [2.75, 3.05) is 0 Å². The smallest absolute Gasteiger partial charge is 0.262 e. The van der Waals surface area contributed by atoms with Crippen molar-refractivity contribution >= 4 is 38.9 Å². The molecular weight excluding hydrogens is 356 g/mol. The summed E-state index contributed by atoms with van der Waals surface area (Å²) in [5.74, 6) is 0.455. The minimum Gasteiger partial charge on any atom is -0.292 e. The molecule has 1 aliphatic rings. The summed E-state index contributed by atoms with van der Waals surface area (Å²) in [6, 6.07) is 6.89. The second kappa shape index (κ2) is 6.39. The summed E-state index contributed by atoms with van der Waals surface area (Å²) >= 11 is 7.70. The van der Waals surface area contributed by atoms with Crippen LogP contribution in [0.4, 0.5) is 0 Å². The van der Waals surface area contributed by atoms with E-state index in [2.05, 4.69) is 11.9 Å². The van der Waals surface area contributed by atoms with Crippen LogP contribution in [0.1, 0.15) is 34.1 Å². The molecule has 0 radical (unpaired) electrons. The van der Waals surface area contributed by atoms with E-state index in [-0.39, 0.29) is 17.9 Å². The van der Waals surface area contributed by atoms with Gasteiger partial charge in [0, 0.05) is 10.4 Å². The molecule has 0 saturated carbocycles. The highest BCUT2D eigenvalue weighted by atomic mass is 35.5. The third-order valence-electron chi connectivity index (χ3n) is 4.77. The van der Waals surface area contributed by atoms with Crippen LogP contribution in [0.5, 0.6) is 0 Å². The number of Topliss-reactive ketones (excluding diaryl/α,β-unsaturated/α-hetero) is 1. The molecule has 1 aliphatic carbocycles. The zero-order valence-electron chi connectivity index (χ0n) is 13.8. The van der Waals surface area contributed by atoms with Crippen molar-refractivity contribution in [1.82, 2.24) is 9.55 Å². The summed E-state index contributed by atoms with van der Waals surface area (Å²) < 4.78 is 1.40. The third kappa shape index (κ3) is 2.92. The summed E-state index contributed by atoms with van der Waals surface area (Å²) in [6.07, 6.45) is 4.49. The van der Waals surface area contributed by atoms with E-state index in [4.69, 9.17) is 11.6 Å². The fraction of sp³-hybridized carbons (Fsp3) is 0.316. The van der Waals surface area contributed by atoms with Gasteiger partial charge in [-0.2, -0.15) is 0 Å². The Bertz CT molecular complexity index is 1040. The lowest BCUT2D eigenvalue weighted by molar-refractivity contribution is 0.0971. The highest BCUT2D eigenvalue weighted by Gasteiger charge is 2.23. The van der Waals surface area contributed by atoms with Crippen LogP contribution in [-0.4, -0.2) is 15.3 Å². The molecule has 128 valence electrons. The van der Waals surface area contributed by atoms with E-state index < -0.39 is 0 Å². The predicted molar refractivity (Wildman–Crippen MR) is 101 cm³/mol. The van der Waals surface area contributed by atoms with E-state index >= 15 is 0 Å². The number of hydrogen-bond donors (Lipinski definition) is 0. The molecule has 0 amide bonds. The number of nitrogens with zero attached hydrogens (tertiary/aromatic N) is 2. The molecular formula is C19H17ClN2O2S. The molecule has 0 fully saturated rings. The van der Waals surface area contributed by atoms with Gasteiger partial charge in [-0.05, 0) is 42.9 Å². The Morgan fingerprint density at radius 1 is 1.40 bits per heavy atom. The second-order valence-corrected chi connectivity index (χ2v) is 8.10. The molecule has 4 nitrogen and oxygen atoms in total. The number of rotatable bonds is 3. The highest BCUT2D eigenvalue weighted by molar-refractivity contribution is 7.18. The van der Waals surface area contributed by atoms with Crippen LogP contribution in [0.2, 0.25) is 5.02 Å². The van der Waals surface area contributed by atoms with Crippen LogP contribution in [0.3, 0.4) is 0 Å². The van der Waals surface area contributed by atoms with Crippen LogP contribution in [-0.2, 0) is 19.4 Å². The van der Waals surface area contributed by atoms with Gasteiger partial charge in [0.25, 0.3) is 5.56 Å². The minimum atomic E-state index is -0.188. The molecule has 0 saturated heterocycles. The zero-order valence-corrected chi connectivity index (χ0v) is 15.4. The lowest BCUT2D eigenvalue weighted by Gasteiger charge is -2.17. The lowest BCUT2D eigenvalue weighted by atomic mass is 9.89. The summed E-state index contributed by atoms with van der Waals surface area (Å²) in [5.41, 5.74) is 1.44. The first-order valence-electron chi connectivity index (χ1n) is 8.32. The standard InChI is InChI=1S/C19H17ClN2O2S/c1-11-6-7-13-16(8-11)25-18-17(13)19(24)22(10-21-18)9-15(23)12-4-2-3-5-14(12)20/h2-5,10-11H,6-9H2,1H3/t11-/m0/s1. The van der Waals surface area contributed by atoms with E-state index in [1.807, 2.05) is 0 Å². The molecule has 2 aromatic heterocycles. The summed E-state index contributed by atoms with van der Waals surface area (Å²) in [6.45, 7) is 2.19. The van der Waals surface area contributed by atoms with E-state index in [9.17, 15) is 9.59 Å². The highest BCUT2D eigenvalue weighted by Crippen LogP contribution is 2.35. The molecule has 6 heteroatoms. The van der Waals surface area contributed by atoms with Gasteiger partial charge in [-0.15, -0.1) is 11.3 Å². The van der Waals surface area contributed by atoms with Gasteiger partial charge in [0.2, 0.25) is 0 Å². The van der Waals surface area contributed by atoms with E-state index in [1.54, 1.807) is 35.6 Å². The maximum Gasteiger partial charge on any atom is 0.262 e. The summed E-state index contributed by atoms with van der Waals surface area (Å²) in [4.78, 5) is 32.0. The number of thiophene rings is 1. The van der Waals surface area contributed by atoms with Crippen molar-refractivity contribution in [1.29, 1.82) is 0 Å². The Kier molecular flexibility index (Phi) is 4.21. The van der Waals surface area contributed by atoms with Gasteiger partial charge in [-0.1, -0.05) is 30.7 Å². The van der Waals surface area contributed by atoms with Gasteiger partial charge < -0.3 is 0 Å². The van der Waals surface area contributed by atoms with Crippen molar-refractivity contribution in [2.45, 2.75) is 32.7 Å². The summed E-state index contributed by atoms with van der Waals surface area (Å²) in [7, 11) is 0. The Hall–Kier alpha value is -1.98. The molecule has 25 heavy (non-hydrogen) atoms. The number of benzene rings is 1.